The van der Waals surface area contributed by atoms with Gasteiger partial charge in [0.1, 0.15) is 0 Å². The number of aromatic nitrogens is 1. The molecule has 1 amide bonds. The number of nitrogens with zero attached hydrogens (tertiary/aromatic N) is 3. The lowest BCUT2D eigenvalue weighted by Crippen LogP contribution is -2.46. The van der Waals surface area contributed by atoms with Gasteiger partial charge in [-0.3, -0.25) is 9.69 Å². The van der Waals surface area contributed by atoms with Gasteiger partial charge in [0.05, 0.1) is 11.6 Å². The van der Waals surface area contributed by atoms with Gasteiger partial charge in [-0.15, -0.1) is 4.91 Å². The van der Waals surface area contributed by atoms with E-state index in [0.717, 1.165) is 17.8 Å². The monoisotopic (exact) mass is 389 g/mol. The molecule has 1 saturated heterocycles. The first kappa shape index (κ1) is 19.7. The first-order chi connectivity index (χ1) is 12.8. The number of hydrogen-bond acceptors (Lipinski definition) is 5. The largest absolute Gasteiger partial charge is 0.356 e. The van der Waals surface area contributed by atoms with Crippen LogP contribution in [0.4, 0.5) is 0 Å². The van der Waals surface area contributed by atoms with Crippen LogP contribution >= 0.6 is 11.6 Å². The minimum absolute atomic E-state index is 0.0376. The van der Waals surface area contributed by atoms with Crippen molar-refractivity contribution in [3.63, 3.8) is 0 Å². The number of rotatable bonds is 4. The Kier molecular flexibility index (Phi) is 5.77. The van der Waals surface area contributed by atoms with Gasteiger partial charge in [-0.25, -0.2) is 0 Å². The third kappa shape index (κ3) is 4.82. The lowest BCUT2D eigenvalue weighted by Gasteiger charge is -2.42. The van der Waals surface area contributed by atoms with Crippen LogP contribution in [-0.2, 0) is 11.3 Å². The van der Waals surface area contributed by atoms with Crippen LogP contribution in [0.1, 0.15) is 32.9 Å². The first-order valence-electron chi connectivity index (χ1n) is 9.07. The average molecular weight is 390 g/mol. The van der Waals surface area contributed by atoms with Crippen molar-refractivity contribution in [3.8, 4) is 11.3 Å². The molecule has 2 unspecified atom stereocenters. The zero-order valence-corrected chi connectivity index (χ0v) is 16.6. The van der Waals surface area contributed by atoms with Crippen LogP contribution in [0, 0.1) is 22.2 Å². The number of amides is 1. The van der Waals surface area contributed by atoms with Crippen molar-refractivity contribution in [2.45, 2.75) is 33.7 Å². The molecule has 7 heteroatoms. The van der Waals surface area contributed by atoms with E-state index >= 15 is 0 Å². The summed E-state index contributed by atoms with van der Waals surface area (Å²) in [6.07, 6.45) is 0.692. The fourth-order valence-corrected chi connectivity index (χ4v) is 3.78. The molecule has 1 fully saturated rings. The Hall–Kier alpha value is -2.05. The van der Waals surface area contributed by atoms with E-state index in [-0.39, 0.29) is 11.3 Å². The molecule has 0 saturated carbocycles. The molecule has 1 aromatic carbocycles. The van der Waals surface area contributed by atoms with Gasteiger partial charge in [0, 0.05) is 41.5 Å². The van der Waals surface area contributed by atoms with Crippen LogP contribution in [0.3, 0.4) is 0 Å². The Morgan fingerprint density at radius 1 is 1.33 bits per heavy atom. The second-order valence-corrected chi connectivity index (χ2v) is 8.75. The minimum Gasteiger partial charge on any atom is -0.356 e. The molecule has 0 aliphatic carbocycles. The molecule has 1 aromatic heterocycles. The maximum absolute atomic E-state index is 11.9. The Morgan fingerprint density at radius 2 is 2.11 bits per heavy atom. The summed E-state index contributed by atoms with van der Waals surface area (Å²) in [4.78, 5) is 24.8. The van der Waals surface area contributed by atoms with Crippen LogP contribution in [0.15, 0.2) is 40.0 Å². The van der Waals surface area contributed by atoms with Gasteiger partial charge in [0.2, 0.25) is 0 Å². The molecular weight excluding hydrogens is 366 g/mol. The number of nitroso groups, excluding NO2 is 1. The van der Waals surface area contributed by atoms with Crippen molar-refractivity contribution in [1.29, 1.82) is 0 Å². The fraction of sp³-hybridized carbons (Fsp3) is 0.500. The third-order valence-corrected chi connectivity index (χ3v) is 5.48. The van der Waals surface area contributed by atoms with Gasteiger partial charge in [0.25, 0.3) is 5.91 Å². The van der Waals surface area contributed by atoms with Crippen LogP contribution < -0.4 is 0 Å². The second kappa shape index (κ2) is 7.90. The molecule has 27 heavy (non-hydrogen) atoms. The van der Waals surface area contributed by atoms with E-state index in [1.807, 2.05) is 24.3 Å². The van der Waals surface area contributed by atoms with Crippen molar-refractivity contribution in [1.82, 2.24) is 10.1 Å². The molecule has 1 aliphatic rings. The van der Waals surface area contributed by atoms with E-state index in [1.165, 1.54) is 0 Å². The summed E-state index contributed by atoms with van der Waals surface area (Å²) < 4.78 is 5.47. The van der Waals surface area contributed by atoms with Crippen LogP contribution in [0.5, 0.6) is 0 Å². The predicted molar refractivity (Wildman–Crippen MR) is 104 cm³/mol. The van der Waals surface area contributed by atoms with Crippen molar-refractivity contribution in [2.24, 2.45) is 22.4 Å². The number of halogens is 1. The molecular formula is C20H24ClN3O3. The Morgan fingerprint density at radius 3 is 2.78 bits per heavy atom. The van der Waals surface area contributed by atoms with Crippen LogP contribution in [0.25, 0.3) is 11.3 Å². The van der Waals surface area contributed by atoms with Crippen molar-refractivity contribution in [3.05, 3.63) is 46.0 Å². The third-order valence-electron chi connectivity index (χ3n) is 5.24. The van der Waals surface area contributed by atoms with Gasteiger partial charge < -0.3 is 4.52 Å². The van der Waals surface area contributed by atoms with E-state index in [2.05, 4.69) is 36.0 Å². The summed E-state index contributed by atoms with van der Waals surface area (Å²) in [5, 5.41) is 7.46. The Bertz CT molecular complexity index is 828. The van der Waals surface area contributed by atoms with Crippen LogP contribution in [0.2, 0.25) is 5.02 Å². The van der Waals surface area contributed by atoms with Gasteiger partial charge in [0.15, 0.2) is 5.76 Å². The highest BCUT2D eigenvalue weighted by atomic mass is 35.5. The maximum Gasteiger partial charge on any atom is 0.290 e. The normalized spacial score (nSPS) is 21.2. The fourth-order valence-electron chi connectivity index (χ4n) is 3.59. The lowest BCUT2D eigenvalue weighted by atomic mass is 9.73. The van der Waals surface area contributed by atoms with E-state index in [1.54, 1.807) is 6.07 Å². The number of carbonyl (C=O) groups is 1. The first-order valence-corrected chi connectivity index (χ1v) is 9.45. The molecule has 144 valence electrons. The van der Waals surface area contributed by atoms with Gasteiger partial charge in [-0.2, -0.15) is 0 Å². The van der Waals surface area contributed by atoms with Crippen molar-refractivity contribution in [2.75, 3.05) is 13.1 Å². The van der Waals surface area contributed by atoms with Crippen molar-refractivity contribution < 1.29 is 9.32 Å². The summed E-state index contributed by atoms with van der Waals surface area (Å²) >= 11 is 6.04. The van der Waals surface area contributed by atoms with E-state index in [0.29, 0.717) is 36.2 Å². The molecule has 6 nitrogen and oxygen atoms in total. The number of benzene rings is 1. The predicted octanol–water partition coefficient (Wildman–Crippen LogP) is 4.77. The summed E-state index contributed by atoms with van der Waals surface area (Å²) in [6.45, 7) is 8.38. The Balaban J connectivity index is 1.75. The van der Waals surface area contributed by atoms with Gasteiger partial charge in [-0.1, -0.05) is 49.7 Å². The van der Waals surface area contributed by atoms with Crippen LogP contribution in [-0.4, -0.2) is 29.1 Å². The molecule has 0 bridgehead atoms. The molecule has 2 atom stereocenters. The summed E-state index contributed by atoms with van der Waals surface area (Å²) in [5.74, 6) is 0.0220. The SMILES string of the molecule is CC(C)(C)C1CC(C(=O)N=O)CN(Cc2cc(-c3cccc(Cl)c3)on2)C1. The zero-order valence-electron chi connectivity index (χ0n) is 15.8. The lowest BCUT2D eigenvalue weighted by molar-refractivity contribution is -0.125. The highest BCUT2D eigenvalue weighted by Gasteiger charge is 2.37. The molecule has 1 aliphatic heterocycles. The standard InChI is InChI=1S/C20H24ClN3O3/c1-20(2,3)15-7-14(19(25)22-26)10-24(11-15)12-17-9-18(27-23-17)13-5-4-6-16(21)8-13/h4-6,8-9,14-15H,7,10-12H2,1-3H3. The second-order valence-electron chi connectivity index (χ2n) is 8.31. The van der Waals surface area contributed by atoms with Crippen molar-refractivity contribution >= 4 is 17.5 Å². The number of piperidine rings is 1. The van der Waals surface area contributed by atoms with E-state index in [9.17, 15) is 9.70 Å². The molecule has 2 aromatic rings. The summed E-state index contributed by atoms with van der Waals surface area (Å²) in [5.41, 5.74) is 1.69. The minimum atomic E-state index is -0.561. The molecule has 0 radical (unpaired) electrons. The zero-order chi connectivity index (χ0) is 19.6. The van der Waals surface area contributed by atoms with Gasteiger partial charge >= 0.3 is 0 Å². The quantitative estimate of drug-likeness (QED) is 0.704. The average Bonchev–Trinajstić information content (AvgIpc) is 3.08. The summed E-state index contributed by atoms with van der Waals surface area (Å²) in [7, 11) is 0. The number of likely N-dealkylation sites (tertiary alicyclic amines) is 1. The highest BCUT2D eigenvalue weighted by Crippen LogP contribution is 2.36. The molecule has 2 heterocycles. The Labute approximate surface area is 163 Å². The number of hydrogen-bond donors (Lipinski definition) is 0. The number of carbonyl (C=O) groups excluding carboxylic acids is 1. The maximum atomic E-state index is 11.9. The highest BCUT2D eigenvalue weighted by molar-refractivity contribution is 6.30. The molecule has 3 rings (SSSR count). The summed E-state index contributed by atoms with van der Waals surface area (Å²) in [6, 6.07) is 9.30. The van der Waals surface area contributed by atoms with Gasteiger partial charge in [-0.05, 0) is 29.9 Å². The van der Waals surface area contributed by atoms with E-state index in [4.69, 9.17) is 16.1 Å². The molecule has 0 N–H and O–H groups in total. The smallest absolute Gasteiger partial charge is 0.290 e. The molecule has 0 spiro atoms. The van der Waals surface area contributed by atoms with E-state index < -0.39 is 5.91 Å². The topological polar surface area (TPSA) is 75.8 Å².